The van der Waals surface area contributed by atoms with Crippen molar-refractivity contribution in [3.63, 3.8) is 0 Å². The SMILES string of the molecule is COCCCCCNC(=O)NC(=O)C(C)Cl. The first-order chi connectivity index (χ1) is 7.57. The minimum atomic E-state index is -0.701. The Labute approximate surface area is 101 Å². The highest BCUT2D eigenvalue weighted by molar-refractivity contribution is 6.31. The van der Waals surface area contributed by atoms with E-state index < -0.39 is 17.3 Å². The molecule has 0 bridgehead atoms. The molecule has 0 fully saturated rings. The van der Waals surface area contributed by atoms with E-state index in [1.165, 1.54) is 6.92 Å². The number of urea groups is 1. The van der Waals surface area contributed by atoms with Crippen LogP contribution in [0.3, 0.4) is 0 Å². The minimum Gasteiger partial charge on any atom is -0.385 e. The van der Waals surface area contributed by atoms with Gasteiger partial charge in [0, 0.05) is 20.3 Å². The number of amides is 3. The van der Waals surface area contributed by atoms with Crippen LogP contribution in [0.2, 0.25) is 0 Å². The largest absolute Gasteiger partial charge is 0.385 e. The molecule has 0 aromatic heterocycles. The number of imide groups is 1. The number of halogens is 1. The Balaban J connectivity index is 3.41. The zero-order chi connectivity index (χ0) is 12.4. The monoisotopic (exact) mass is 250 g/mol. The van der Waals surface area contributed by atoms with E-state index in [1.807, 2.05) is 0 Å². The first kappa shape index (κ1) is 15.2. The summed E-state index contributed by atoms with van der Waals surface area (Å²) >= 11 is 5.48. The maximum Gasteiger partial charge on any atom is 0.321 e. The van der Waals surface area contributed by atoms with Crippen molar-refractivity contribution in [2.45, 2.75) is 31.6 Å². The van der Waals surface area contributed by atoms with Crippen LogP contribution < -0.4 is 10.6 Å². The van der Waals surface area contributed by atoms with E-state index in [9.17, 15) is 9.59 Å². The number of rotatable bonds is 7. The van der Waals surface area contributed by atoms with Gasteiger partial charge in [0.1, 0.15) is 5.38 Å². The predicted octanol–water partition coefficient (Wildman–Crippen LogP) is 1.26. The molecule has 5 nitrogen and oxygen atoms in total. The molecule has 6 heteroatoms. The summed E-state index contributed by atoms with van der Waals surface area (Å²) in [6.07, 6.45) is 2.81. The molecule has 3 amide bonds. The van der Waals surface area contributed by atoms with Gasteiger partial charge in [-0.05, 0) is 26.2 Å². The van der Waals surface area contributed by atoms with Gasteiger partial charge in [-0.25, -0.2) is 4.79 Å². The van der Waals surface area contributed by atoms with Gasteiger partial charge in [0.2, 0.25) is 5.91 Å². The van der Waals surface area contributed by atoms with Crippen LogP contribution in [0, 0.1) is 0 Å². The molecule has 16 heavy (non-hydrogen) atoms. The molecule has 0 rings (SSSR count). The number of carbonyl (C=O) groups excluding carboxylic acids is 2. The second-order valence-electron chi connectivity index (χ2n) is 3.41. The molecule has 0 aromatic rings. The van der Waals surface area contributed by atoms with Crippen molar-refractivity contribution >= 4 is 23.5 Å². The lowest BCUT2D eigenvalue weighted by atomic mass is 10.2. The molecular formula is C10H19ClN2O3. The van der Waals surface area contributed by atoms with Crippen molar-refractivity contribution in [2.24, 2.45) is 0 Å². The summed E-state index contributed by atoms with van der Waals surface area (Å²) in [6, 6.07) is -0.496. The Bertz CT molecular complexity index is 222. The molecular weight excluding hydrogens is 232 g/mol. The number of hydrogen-bond acceptors (Lipinski definition) is 3. The minimum absolute atomic E-state index is 0.487. The zero-order valence-electron chi connectivity index (χ0n) is 9.72. The van der Waals surface area contributed by atoms with Gasteiger partial charge in [0.25, 0.3) is 0 Å². The van der Waals surface area contributed by atoms with Gasteiger partial charge in [-0.3, -0.25) is 10.1 Å². The molecule has 1 unspecified atom stereocenters. The van der Waals surface area contributed by atoms with Gasteiger partial charge in [-0.1, -0.05) is 0 Å². The molecule has 0 aliphatic rings. The highest BCUT2D eigenvalue weighted by Crippen LogP contribution is 1.94. The van der Waals surface area contributed by atoms with E-state index in [2.05, 4.69) is 10.6 Å². The van der Waals surface area contributed by atoms with Crippen molar-refractivity contribution in [1.29, 1.82) is 0 Å². The summed E-state index contributed by atoms with van der Waals surface area (Å²) in [7, 11) is 1.66. The third kappa shape index (κ3) is 8.49. The summed E-state index contributed by atoms with van der Waals surface area (Å²) in [5, 5.41) is 4.01. The molecule has 0 aromatic carbocycles. The van der Waals surface area contributed by atoms with Gasteiger partial charge < -0.3 is 10.1 Å². The van der Waals surface area contributed by atoms with Crippen LogP contribution in [0.5, 0.6) is 0 Å². The van der Waals surface area contributed by atoms with Crippen molar-refractivity contribution in [3.05, 3.63) is 0 Å². The molecule has 2 N–H and O–H groups in total. The highest BCUT2D eigenvalue weighted by atomic mass is 35.5. The van der Waals surface area contributed by atoms with Crippen LogP contribution >= 0.6 is 11.6 Å². The molecule has 0 aliphatic carbocycles. The molecule has 0 saturated heterocycles. The van der Waals surface area contributed by atoms with E-state index in [1.54, 1.807) is 7.11 Å². The summed E-state index contributed by atoms with van der Waals surface area (Å²) in [5.41, 5.74) is 0. The van der Waals surface area contributed by atoms with Crippen molar-refractivity contribution in [3.8, 4) is 0 Å². The lowest BCUT2D eigenvalue weighted by molar-refractivity contribution is -0.119. The summed E-state index contributed by atoms with van der Waals surface area (Å²) in [6.45, 7) is 2.78. The first-order valence-corrected chi connectivity index (χ1v) is 5.73. The number of unbranched alkanes of at least 4 members (excludes halogenated alkanes) is 2. The van der Waals surface area contributed by atoms with Gasteiger partial charge in [-0.15, -0.1) is 11.6 Å². The van der Waals surface area contributed by atoms with E-state index in [0.717, 1.165) is 25.9 Å². The average molecular weight is 251 g/mol. The second kappa shape index (κ2) is 9.42. The Morgan fingerprint density at radius 3 is 2.56 bits per heavy atom. The molecule has 0 spiro atoms. The third-order valence-electron chi connectivity index (χ3n) is 1.91. The van der Waals surface area contributed by atoms with Crippen LogP contribution in [0.15, 0.2) is 0 Å². The smallest absolute Gasteiger partial charge is 0.321 e. The zero-order valence-corrected chi connectivity index (χ0v) is 10.5. The lowest BCUT2D eigenvalue weighted by Crippen LogP contribution is -2.42. The van der Waals surface area contributed by atoms with Crippen LogP contribution in [-0.4, -0.2) is 37.6 Å². The number of alkyl halides is 1. The third-order valence-corrected chi connectivity index (χ3v) is 2.11. The first-order valence-electron chi connectivity index (χ1n) is 5.29. The summed E-state index contributed by atoms with van der Waals surface area (Å²) in [4.78, 5) is 22.1. The number of methoxy groups -OCH3 is 1. The molecule has 1 atom stereocenters. The van der Waals surface area contributed by atoms with E-state index in [-0.39, 0.29) is 0 Å². The standard InChI is InChI=1S/C10H19ClN2O3/c1-8(11)9(14)13-10(15)12-6-4-3-5-7-16-2/h8H,3-7H2,1-2H3,(H2,12,13,14,15). The summed E-state index contributed by atoms with van der Waals surface area (Å²) in [5.74, 6) is -0.487. The van der Waals surface area contributed by atoms with Crippen molar-refractivity contribution in [2.75, 3.05) is 20.3 Å². The average Bonchev–Trinajstić information content (AvgIpc) is 2.23. The van der Waals surface area contributed by atoms with Crippen molar-refractivity contribution in [1.82, 2.24) is 10.6 Å². The van der Waals surface area contributed by atoms with Crippen LogP contribution in [0.1, 0.15) is 26.2 Å². The fourth-order valence-corrected chi connectivity index (χ4v) is 1.06. The topological polar surface area (TPSA) is 67.4 Å². The van der Waals surface area contributed by atoms with Gasteiger partial charge in [0.15, 0.2) is 0 Å². The van der Waals surface area contributed by atoms with Gasteiger partial charge >= 0.3 is 6.03 Å². The number of carbonyl (C=O) groups is 2. The molecule has 0 saturated carbocycles. The normalized spacial score (nSPS) is 11.9. The summed E-state index contributed by atoms with van der Waals surface area (Å²) < 4.78 is 4.89. The van der Waals surface area contributed by atoms with Gasteiger partial charge in [-0.2, -0.15) is 0 Å². The Kier molecular flexibility index (Phi) is 8.94. The fourth-order valence-electron chi connectivity index (χ4n) is 1.01. The maximum atomic E-state index is 11.1. The number of ether oxygens (including phenoxy) is 1. The van der Waals surface area contributed by atoms with E-state index in [4.69, 9.17) is 16.3 Å². The van der Waals surface area contributed by atoms with Crippen molar-refractivity contribution < 1.29 is 14.3 Å². The molecule has 94 valence electrons. The maximum absolute atomic E-state index is 11.1. The van der Waals surface area contributed by atoms with Crippen LogP contribution in [0.25, 0.3) is 0 Å². The highest BCUT2D eigenvalue weighted by Gasteiger charge is 2.11. The lowest BCUT2D eigenvalue weighted by Gasteiger charge is -2.07. The quantitative estimate of drug-likeness (QED) is 0.528. The van der Waals surface area contributed by atoms with Gasteiger partial charge in [0.05, 0.1) is 0 Å². The second-order valence-corrected chi connectivity index (χ2v) is 4.07. The van der Waals surface area contributed by atoms with E-state index >= 15 is 0 Å². The van der Waals surface area contributed by atoms with Crippen LogP contribution in [0.4, 0.5) is 4.79 Å². The van der Waals surface area contributed by atoms with Crippen LogP contribution in [-0.2, 0) is 9.53 Å². The molecule has 0 radical (unpaired) electrons. The fraction of sp³-hybridized carbons (Fsp3) is 0.800. The number of nitrogens with one attached hydrogen (secondary N) is 2. The number of hydrogen-bond donors (Lipinski definition) is 2. The Hall–Kier alpha value is -0.810. The molecule has 0 heterocycles. The Morgan fingerprint density at radius 2 is 2.00 bits per heavy atom. The predicted molar refractivity (Wildman–Crippen MR) is 62.6 cm³/mol. The Morgan fingerprint density at radius 1 is 1.31 bits per heavy atom. The molecule has 0 aliphatic heterocycles. The van der Waals surface area contributed by atoms with E-state index in [0.29, 0.717) is 6.54 Å².